The monoisotopic (exact) mass is 228 g/mol. The van der Waals surface area contributed by atoms with Crippen LogP contribution in [0.3, 0.4) is 0 Å². The number of nitrogens with zero attached hydrogens (tertiary/aromatic N) is 2. The summed E-state index contributed by atoms with van der Waals surface area (Å²) in [6.07, 6.45) is 1.50. The maximum absolute atomic E-state index is 11.5. The molecule has 0 bridgehead atoms. The number of rotatable bonds is 1. The van der Waals surface area contributed by atoms with Gasteiger partial charge in [0.2, 0.25) is 0 Å². The molecule has 6 heteroatoms. The molecular formula is C11H8N4O2. The van der Waals surface area contributed by atoms with Gasteiger partial charge in [-0.25, -0.2) is 9.78 Å². The molecule has 2 N–H and O–H groups in total. The highest BCUT2D eigenvalue weighted by Gasteiger charge is 2.32. The summed E-state index contributed by atoms with van der Waals surface area (Å²) in [4.78, 5) is 31.0. The molecule has 1 aromatic heterocycles. The molecule has 84 valence electrons. The van der Waals surface area contributed by atoms with Crippen molar-refractivity contribution in [3.05, 3.63) is 36.2 Å². The van der Waals surface area contributed by atoms with E-state index in [0.717, 1.165) is 5.52 Å². The van der Waals surface area contributed by atoms with Crippen LogP contribution in [-0.2, 0) is 4.79 Å². The number of imide groups is 1. The van der Waals surface area contributed by atoms with Gasteiger partial charge in [-0.05, 0) is 12.1 Å². The van der Waals surface area contributed by atoms with E-state index in [9.17, 15) is 9.59 Å². The van der Waals surface area contributed by atoms with Crippen LogP contribution >= 0.6 is 0 Å². The van der Waals surface area contributed by atoms with Crippen LogP contribution in [0.15, 0.2) is 30.5 Å². The van der Waals surface area contributed by atoms with E-state index in [2.05, 4.69) is 20.6 Å². The van der Waals surface area contributed by atoms with Gasteiger partial charge >= 0.3 is 6.03 Å². The zero-order chi connectivity index (χ0) is 11.8. The smallest absolute Gasteiger partial charge is 0.321 e. The molecule has 0 radical (unpaired) electrons. The maximum atomic E-state index is 11.5. The number of aromatic nitrogens is 2. The number of nitrogens with one attached hydrogen (secondary N) is 2. The van der Waals surface area contributed by atoms with Gasteiger partial charge < -0.3 is 5.32 Å². The van der Waals surface area contributed by atoms with Crippen LogP contribution in [0.5, 0.6) is 0 Å². The van der Waals surface area contributed by atoms with Gasteiger partial charge in [0, 0.05) is 0 Å². The lowest BCUT2D eigenvalue weighted by Gasteiger charge is -2.06. The van der Waals surface area contributed by atoms with Crippen LogP contribution in [0.1, 0.15) is 11.7 Å². The van der Waals surface area contributed by atoms with Crippen LogP contribution in [0, 0.1) is 0 Å². The lowest BCUT2D eigenvalue weighted by molar-refractivity contribution is -0.120. The minimum atomic E-state index is -0.750. The summed E-state index contributed by atoms with van der Waals surface area (Å²) >= 11 is 0. The highest BCUT2D eigenvalue weighted by Crippen LogP contribution is 2.16. The number of amides is 3. The Balaban J connectivity index is 2.06. The maximum Gasteiger partial charge on any atom is 0.322 e. The molecule has 6 nitrogen and oxygen atoms in total. The number of carbonyl (C=O) groups excluding carboxylic acids is 2. The molecule has 1 aliphatic rings. The topological polar surface area (TPSA) is 84.0 Å². The molecule has 0 spiro atoms. The third kappa shape index (κ3) is 1.59. The van der Waals surface area contributed by atoms with E-state index in [1.54, 1.807) is 6.07 Å². The van der Waals surface area contributed by atoms with Gasteiger partial charge in [0.25, 0.3) is 5.91 Å². The zero-order valence-corrected chi connectivity index (χ0v) is 8.68. The molecule has 3 amide bonds. The molecule has 1 aromatic carbocycles. The van der Waals surface area contributed by atoms with Crippen molar-refractivity contribution in [1.82, 2.24) is 20.6 Å². The summed E-state index contributed by atoms with van der Waals surface area (Å²) in [6.45, 7) is 0. The normalized spacial score (nSPS) is 19.2. The van der Waals surface area contributed by atoms with Crippen LogP contribution in [0.4, 0.5) is 4.79 Å². The first-order chi connectivity index (χ1) is 8.24. The summed E-state index contributed by atoms with van der Waals surface area (Å²) in [7, 11) is 0. The van der Waals surface area contributed by atoms with E-state index < -0.39 is 18.0 Å². The lowest BCUT2D eigenvalue weighted by Crippen LogP contribution is -2.22. The van der Waals surface area contributed by atoms with E-state index in [0.29, 0.717) is 11.2 Å². The third-order valence-corrected chi connectivity index (χ3v) is 2.54. The van der Waals surface area contributed by atoms with Crippen molar-refractivity contribution in [2.24, 2.45) is 0 Å². The molecule has 2 heterocycles. The number of hydrogen-bond acceptors (Lipinski definition) is 4. The molecule has 0 aliphatic carbocycles. The van der Waals surface area contributed by atoms with Crippen molar-refractivity contribution in [2.45, 2.75) is 6.04 Å². The molecule has 1 aliphatic heterocycles. The molecule has 1 unspecified atom stereocenters. The molecule has 17 heavy (non-hydrogen) atoms. The summed E-state index contributed by atoms with van der Waals surface area (Å²) in [5.74, 6) is -0.403. The Morgan fingerprint density at radius 2 is 1.88 bits per heavy atom. The minimum Gasteiger partial charge on any atom is -0.321 e. The Morgan fingerprint density at radius 1 is 1.12 bits per heavy atom. The first kappa shape index (κ1) is 9.71. The van der Waals surface area contributed by atoms with Gasteiger partial charge in [0.05, 0.1) is 22.9 Å². The Morgan fingerprint density at radius 3 is 2.59 bits per heavy atom. The summed E-state index contributed by atoms with van der Waals surface area (Å²) in [6, 6.07) is 6.09. The number of fused-ring (bicyclic) bond motifs is 1. The first-order valence-corrected chi connectivity index (χ1v) is 5.07. The number of para-hydroxylation sites is 2. The van der Waals surface area contributed by atoms with Crippen molar-refractivity contribution >= 4 is 23.0 Å². The second-order valence-electron chi connectivity index (χ2n) is 3.68. The largest absolute Gasteiger partial charge is 0.322 e. The second-order valence-corrected chi connectivity index (χ2v) is 3.68. The fourth-order valence-electron chi connectivity index (χ4n) is 1.74. The molecule has 0 saturated carbocycles. The average Bonchev–Trinajstić information content (AvgIpc) is 2.68. The number of benzene rings is 1. The Hall–Kier alpha value is -2.50. The molecular weight excluding hydrogens is 220 g/mol. The van der Waals surface area contributed by atoms with E-state index >= 15 is 0 Å². The van der Waals surface area contributed by atoms with Crippen molar-refractivity contribution < 1.29 is 9.59 Å². The summed E-state index contributed by atoms with van der Waals surface area (Å²) < 4.78 is 0. The first-order valence-electron chi connectivity index (χ1n) is 5.07. The Bertz CT molecular complexity index is 626. The fraction of sp³-hybridized carbons (Fsp3) is 0.0909. The third-order valence-electron chi connectivity index (χ3n) is 2.54. The van der Waals surface area contributed by atoms with Crippen LogP contribution < -0.4 is 10.6 Å². The van der Waals surface area contributed by atoms with Crippen LogP contribution in [0.2, 0.25) is 0 Å². The van der Waals surface area contributed by atoms with E-state index in [1.807, 2.05) is 18.2 Å². The zero-order valence-electron chi connectivity index (χ0n) is 8.68. The van der Waals surface area contributed by atoms with Gasteiger partial charge in [-0.3, -0.25) is 15.1 Å². The SMILES string of the molecule is O=C1NC(=O)C(c2cnc3ccccc3n2)N1. The molecule has 1 atom stereocenters. The van der Waals surface area contributed by atoms with Gasteiger partial charge in [0.1, 0.15) is 0 Å². The standard InChI is InChI=1S/C11H8N4O2/c16-10-9(14-11(17)15-10)8-5-12-6-3-1-2-4-7(6)13-8/h1-5,9H,(H2,14,15,16,17). The van der Waals surface area contributed by atoms with Crippen molar-refractivity contribution in [3.63, 3.8) is 0 Å². The van der Waals surface area contributed by atoms with E-state index in [1.165, 1.54) is 6.20 Å². The van der Waals surface area contributed by atoms with E-state index in [-0.39, 0.29) is 0 Å². The van der Waals surface area contributed by atoms with Gasteiger partial charge in [0.15, 0.2) is 6.04 Å². The van der Waals surface area contributed by atoms with Gasteiger partial charge in [-0.15, -0.1) is 0 Å². The number of hydrogen-bond donors (Lipinski definition) is 2. The van der Waals surface area contributed by atoms with Crippen molar-refractivity contribution in [3.8, 4) is 0 Å². The molecule has 1 fully saturated rings. The predicted octanol–water partition coefficient (Wildman–Crippen LogP) is 0.510. The summed E-state index contributed by atoms with van der Waals surface area (Å²) in [5, 5.41) is 4.64. The van der Waals surface area contributed by atoms with E-state index in [4.69, 9.17) is 0 Å². The molecule has 3 rings (SSSR count). The Labute approximate surface area is 96.1 Å². The van der Waals surface area contributed by atoms with Crippen molar-refractivity contribution in [2.75, 3.05) is 0 Å². The summed E-state index contributed by atoms with van der Waals surface area (Å²) in [5.41, 5.74) is 1.88. The van der Waals surface area contributed by atoms with Crippen LogP contribution in [-0.4, -0.2) is 21.9 Å². The highest BCUT2D eigenvalue weighted by atomic mass is 16.2. The minimum absolute atomic E-state index is 0.403. The quantitative estimate of drug-likeness (QED) is 0.696. The lowest BCUT2D eigenvalue weighted by atomic mass is 10.2. The second kappa shape index (κ2) is 3.51. The molecule has 1 saturated heterocycles. The molecule has 2 aromatic rings. The number of urea groups is 1. The van der Waals surface area contributed by atoms with Gasteiger partial charge in [-0.2, -0.15) is 0 Å². The van der Waals surface area contributed by atoms with Gasteiger partial charge in [-0.1, -0.05) is 12.1 Å². The van der Waals surface area contributed by atoms with Crippen LogP contribution in [0.25, 0.3) is 11.0 Å². The Kier molecular flexibility index (Phi) is 2.01. The van der Waals surface area contributed by atoms with Crippen molar-refractivity contribution in [1.29, 1.82) is 0 Å². The average molecular weight is 228 g/mol. The number of carbonyl (C=O) groups is 2. The predicted molar refractivity (Wildman–Crippen MR) is 59.0 cm³/mol. The fourth-order valence-corrected chi connectivity index (χ4v) is 1.74. The highest BCUT2D eigenvalue weighted by molar-refractivity contribution is 6.04.